The average Bonchev–Trinajstić information content (AvgIpc) is 2.95. The number of aryl methyl sites for hydroxylation is 2. The van der Waals surface area contributed by atoms with Crippen molar-refractivity contribution in [1.82, 2.24) is 9.88 Å². The zero-order valence-corrected chi connectivity index (χ0v) is 15.9. The van der Waals surface area contributed by atoms with Crippen LogP contribution in [0, 0.1) is 13.8 Å². The number of fused-ring (bicyclic) bond motifs is 1. The first-order valence-corrected chi connectivity index (χ1v) is 8.68. The van der Waals surface area contributed by atoms with Crippen LogP contribution in [0.15, 0.2) is 42.5 Å². The average molecular weight is 365 g/mol. The number of aromatic nitrogens is 1. The molecule has 0 radical (unpaired) electrons. The molecule has 6 nitrogen and oxygen atoms in total. The van der Waals surface area contributed by atoms with Gasteiger partial charge in [0.2, 0.25) is 5.91 Å². The van der Waals surface area contributed by atoms with E-state index in [1.54, 1.807) is 44.5 Å². The van der Waals surface area contributed by atoms with E-state index >= 15 is 0 Å². The first-order chi connectivity index (χ1) is 12.9. The summed E-state index contributed by atoms with van der Waals surface area (Å²) in [6, 6.07) is 12.7. The smallest absolute Gasteiger partial charge is 0.256 e. The Bertz CT molecular complexity index is 1010. The number of hydrogen-bond acceptors (Lipinski definition) is 3. The third-order valence-corrected chi connectivity index (χ3v) is 4.65. The molecule has 0 aliphatic heterocycles. The van der Waals surface area contributed by atoms with Crippen LogP contribution in [-0.2, 0) is 4.79 Å². The normalized spacial score (nSPS) is 10.7. The molecule has 3 aromatic rings. The molecule has 0 saturated carbocycles. The summed E-state index contributed by atoms with van der Waals surface area (Å²) >= 11 is 0. The van der Waals surface area contributed by atoms with Crippen molar-refractivity contribution in [2.75, 3.05) is 26.0 Å². The first kappa shape index (κ1) is 18.5. The van der Waals surface area contributed by atoms with Crippen LogP contribution in [0.5, 0.6) is 5.75 Å². The van der Waals surface area contributed by atoms with E-state index in [0.717, 1.165) is 22.2 Å². The van der Waals surface area contributed by atoms with Gasteiger partial charge in [0.25, 0.3) is 5.91 Å². The number of carbonyl (C=O) groups is 2. The van der Waals surface area contributed by atoms with Gasteiger partial charge in [-0.25, -0.2) is 0 Å². The van der Waals surface area contributed by atoms with Gasteiger partial charge in [0.15, 0.2) is 0 Å². The number of para-hydroxylation sites is 1. The maximum atomic E-state index is 12.9. The molecule has 6 heteroatoms. The second kappa shape index (κ2) is 7.53. The Kier molecular flexibility index (Phi) is 5.16. The van der Waals surface area contributed by atoms with Crippen LogP contribution >= 0.6 is 0 Å². The number of benzene rings is 2. The minimum Gasteiger partial charge on any atom is -0.497 e. The Morgan fingerprint density at radius 2 is 1.89 bits per heavy atom. The van der Waals surface area contributed by atoms with E-state index in [1.165, 1.54) is 4.90 Å². The molecule has 0 fully saturated rings. The fraction of sp³-hybridized carbons (Fsp3) is 0.238. The highest BCUT2D eigenvalue weighted by Crippen LogP contribution is 2.25. The summed E-state index contributed by atoms with van der Waals surface area (Å²) < 4.78 is 5.15. The van der Waals surface area contributed by atoms with Crippen molar-refractivity contribution in [2.45, 2.75) is 13.8 Å². The molecule has 2 N–H and O–H groups in total. The molecule has 2 amide bonds. The van der Waals surface area contributed by atoms with Crippen LogP contribution in [0.2, 0.25) is 0 Å². The number of ether oxygens (including phenoxy) is 1. The number of aromatic amines is 1. The van der Waals surface area contributed by atoms with Crippen molar-refractivity contribution in [3.63, 3.8) is 0 Å². The van der Waals surface area contributed by atoms with Crippen LogP contribution in [0.25, 0.3) is 10.9 Å². The molecule has 0 aliphatic carbocycles. The Labute approximate surface area is 158 Å². The highest BCUT2D eigenvalue weighted by molar-refractivity contribution is 6.08. The quantitative estimate of drug-likeness (QED) is 0.727. The Morgan fingerprint density at radius 1 is 1.15 bits per heavy atom. The van der Waals surface area contributed by atoms with Gasteiger partial charge in [0, 0.05) is 29.9 Å². The lowest BCUT2D eigenvalue weighted by molar-refractivity contribution is -0.116. The summed E-state index contributed by atoms with van der Waals surface area (Å²) in [5.41, 5.74) is 4.14. The van der Waals surface area contributed by atoms with Crippen LogP contribution in [0.4, 0.5) is 5.69 Å². The molecule has 140 valence electrons. The van der Waals surface area contributed by atoms with Crippen LogP contribution in [-0.4, -0.2) is 42.4 Å². The molecule has 0 aliphatic rings. The van der Waals surface area contributed by atoms with Crippen molar-refractivity contribution in [2.24, 2.45) is 0 Å². The standard InChI is InChI=1S/C21H23N3O3/c1-13-14(2)22-20-17(13)9-6-10-18(20)21(26)24(3)12-19(25)23-15-7-5-8-16(11-15)27-4/h5-11,22H,12H2,1-4H3,(H,23,25). The Morgan fingerprint density at radius 3 is 2.63 bits per heavy atom. The molecule has 27 heavy (non-hydrogen) atoms. The predicted octanol–water partition coefficient (Wildman–Crippen LogP) is 3.50. The van der Waals surface area contributed by atoms with Gasteiger partial charge in [-0.1, -0.05) is 18.2 Å². The highest BCUT2D eigenvalue weighted by Gasteiger charge is 2.19. The second-order valence-corrected chi connectivity index (χ2v) is 6.54. The molecule has 1 aromatic heterocycles. The van der Waals surface area contributed by atoms with E-state index in [4.69, 9.17) is 4.74 Å². The summed E-state index contributed by atoms with van der Waals surface area (Å²) in [5, 5.41) is 3.80. The molecule has 3 rings (SSSR count). The molecule has 2 aromatic carbocycles. The van der Waals surface area contributed by atoms with Crippen molar-refractivity contribution in [1.29, 1.82) is 0 Å². The third-order valence-electron chi connectivity index (χ3n) is 4.65. The van der Waals surface area contributed by atoms with E-state index in [1.807, 2.05) is 26.0 Å². The van der Waals surface area contributed by atoms with E-state index in [9.17, 15) is 9.59 Å². The van der Waals surface area contributed by atoms with E-state index in [0.29, 0.717) is 17.0 Å². The maximum absolute atomic E-state index is 12.9. The largest absolute Gasteiger partial charge is 0.497 e. The minimum atomic E-state index is -0.273. The van der Waals surface area contributed by atoms with Crippen LogP contribution in [0.3, 0.4) is 0 Å². The van der Waals surface area contributed by atoms with Crippen molar-refractivity contribution < 1.29 is 14.3 Å². The summed E-state index contributed by atoms with van der Waals surface area (Å²) in [7, 11) is 3.19. The summed E-state index contributed by atoms with van der Waals surface area (Å²) in [6.45, 7) is 3.95. The molecule has 0 saturated heterocycles. The SMILES string of the molecule is COc1cccc(NC(=O)CN(C)C(=O)c2cccc3c(C)c(C)[nH]c23)c1. The number of rotatable bonds is 5. The van der Waals surface area contributed by atoms with Gasteiger partial charge in [0.1, 0.15) is 5.75 Å². The van der Waals surface area contributed by atoms with Crippen molar-refractivity contribution in [3.8, 4) is 5.75 Å². The Balaban J connectivity index is 1.74. The summed E-state index contributed by atoms with van der Waals surface area (Å²) in [4.78, 5) is 29.9. The zero-order chi connectivity index (χ0) is 19.6. The lowest BCUT2D eigenvalue weighted by atomic mass is 10.1. The number of H-pyrrole nitrogens is 1. The molecule has 0 unspecified atom stereocenters. The predicted molar refractivity (Wildman–Crippen MR) is 106 cm³/mol. The van der Waals surface area contributed by atoms with Crippen LogP contribution in [0.1, 0.15) is 21.6 Å². The number of nitrogens with zero attached hydrogens (tertiary/aromatic N) is 1. The fourth-order valence-electron chi connectivity index (χ4n) is 3.06. The molecule has 0 bridgehead atoms. The number of likely N-dealkylation sites (N-methyl/N-ethyl adjacent to an activating group) is 1. The molecule has 0 atom stereocenters. The number of amides is 2. The van der Waals surface area contributed by atoms with Gasteiger partial charge in [-0.05, 0) is 37.6 Å². The van der Waals surface area contributed by atoms with E-state index in [2.05, 4.69) is 10.3 Å². The number of methoxy groups -OCH3 is 1. The molecular weight excluding hydrogens is 342 g/mol. The third kappa shape index (κ3) is 3.79. The van der Waals surface area contributed by atoms with Gasteiger partial charge in [-0.3, -0.25) is 9.59 Å². The molecular formula is C21H23N3O3. The number of nitrogens with one attached hydrogen (secondary N) is 2. The van der Waals surface area contributed by atoms with Crippen molar-refractivity contribution in [3.05, 3.63) is 59.3 Å². The lowest BCUT2D eigenvalue weighted by Crippen LogP contribution is -2.35. The van der Waals surface area contributed by atoms with Gasteiger partial charge in [-0.15, -0.1) is 0 Å². The monoisotopic (exact) mass is 365 g/mol. The second-order valence-electron chi connectivity index (χ2n) is 6.54. The molecule has 0 spiro atoms. The zero-order valence-electron chi connectivity index (χ0n) is 15.9. The van der Waals surface area contributed by atoms with Gasteiger partial charge >= 0.3 is 0 Å². The number of hydrogen-bond donors (Lipinski definition) is 2. The van der Waals surface area contributed by atoms with Crippen molar-refractivity contribution >= 4 is 28.4 Å². The maximum Gasteiger partial charge on any atom is 0.256 e. The van der Waals surface area contributed by atoms with Gasteiger partial charge in [-0.2, -0.15) is 0 Å². The summed E-state index contributed by atoms with van der Waals surface area (Å²) in [5.74, 6) is 0.175. The van der Waals surface area contributed by atoms with Gasteiger partial charge < -0.3 is 19.9 Å². The first-order valence-electron chi connectivity index (χ1n) is 8.68. The Hall–Kier alpha value is -3.28. The van der Waals surface area contributed by atoms with E-state index in [-0.39, 0.29) is 18.4 Å². The minimum absolute atomic E-state index is 0.0505. The number of carbonyl (C=O) groups excluding carboxylic acids is 2. The number of anilines is 1. The lowest BCUT2D eigenvalue weighted by Gasteiger charge is -2.17. The topological polar surface area (TPSA) is 74.4 Å². The summed E-state index contributed by atoms with van der Waals surface area (Å²) in [6.07, 6.45) is 0. The molecule has 1 heterocycles. The highest BCUT2D eigenvalue weighted by atomic mass is 16.5. The van der Waals surface area contributed by atoms with Crippen LogP contribution < -0.4 is 10.1 Å². The van der Waals surface area contributed by atoms with E-state index < -0.39 is 0 Å². The van der Waals surface area contributed by atoms with Gasteiger partial charge in [0.05, 0.1) is 24.7 Å². The fourth-order valence-corrected chi connectivity index (χ4v) is 3.06.